The molecule has 324 valence electrons. The zero-order valence-electron chi connectivity index (χ0n) is 37.5. The summed E-state index contributed by atoms with van der Waals surface area (Å²) in [4.78, 5) is 78.5. The van der Waals surface area contributed by atoms with Crippen LogP contribution in [-0.4, -0.2) is 217 Å². The molecule has 0 N–H and O–H groups in total. The van der Waals surface area contributed by atoms with Gasteiger partial charge < -0.3 is 39.4 Å². The summed E-state index contributed by atoms with van der Waals surface area (Å²) in [7, 11) is 10.4. The van der Waals surface area contributed by atoms with E-state index in [1.54, 1.807) is 20.9 Å². The summed E-state index contributed by atoms with van der Waals surface area (Å²) in [5, 5.41) is 19.6. The Hall–Kier alpha value is -2.71. The van der Waals surface area contributed by atoms with Crippen LogP contribution in [0.15, 0.2) is 0 Å². The zero-order chi connectivity index (χ0) is 44.9. The topological polar surface area (TPSA) is 168 Å². The Morgan fingerprint density at radius 2 is 0.948 bits per heavy atom. The van der Waals surface area contributed by atoms with E-state index in [4.69, 9.17) is 9.90 Å². The number of carbonyl (C=O) groups excluding carboxylic acids is 6. The molecule has 2 atom stereocenters. The second-order valence-corrected chi connectivity index (χ2v) is 16.8. The molecule has 2 saturated heterocycles. The molecule has 0 bridgehead atoms. The summed E-state index contributed by atoms with van der Waals surface area (Å²) in [5.74, 6) is 7.45. The van der Waals surface area contributed by atoms with Gasteiger partial charge in [0.2, 0.25) is 0 Å². The first-order valence-electron chi connectivity index (χ1n) is 19.1. The van der Waals surface area contributed by atoms with Gasteiger partial charge in [-0.3, -0.25) is 29.0 Å². The normalized spacial score (nSPS) is 17.0. The number of hydrogen-bond acceptors (Lipinski definition) is 10. The van der Waals surface area contributed by atoms with Crippen molar-refractivity contribution in [2.24, 2.45) is 11.8 Å². The molecule has 17 heteroatoms. The molecule has 0 spiro atoms. The van der Waals surface area contributed by atoms with Crippen LogP contribution >= 0.6 is 0 Å². The van der Waals surface area contributed by atoms with Crippen LogP contribution in [0.1, 0.15) is 88.0 Å². The van der Waals surface area contributed by atoms with E-state index < -0.39 is 64.5 Å². The Balaban J connectivity index is 0. The van der Waals surface area contributed by atoms with Gasteiger partial charge in [-0.1, -0.05) is 39.5 Å². The van der Waals surface area contributed by atoms with Crippen molar-refractivity contribution in [2.45, 2.75) is 122 Å². The van der Waals surface area contributed by atoms with Gasteiger partial charge in [-0.2, -0.15) is 0 Å². The van der Waals surface area contributed by atoms with E-state index in [0.717, 1.165) is 4.90 Å². The van der Waals surface area contributed by atoms with Gasteiger partial charge in [0, 0.05) is 78.5 Å². The Morgan fingerprint density at radius 3 is 1.19 bits per heavy atom. The number of nitrogens with zero attached hydrogens (tertiary/aromatic N) is 6. The molecule has 58 heavy (non-hydrogen) atoms. The first-order valence-corrected chi connectivity index (χ1v) is 19.1. The summed E-state index contributed by atoms with van der Waals surface area (Å²) in [6, 6.07) is -1.24. The molecule has 2 aliphatic heterocycles. The van der Waals surface area contributed by atoms with Gasteiger partial charge in [0.1, 0.15) is 0 Å². The number of likely N-dealkylation sites (tertiary alicyclic amines) is 2. The van der Waals surface area contributed by atoms with E-state index in [-0.39, 0.29) is 119 Å². The van der Waals surface area contributed by atoms with Gasteiger partial charge in [0.05, 0.1) is 23.1 Å². The van der Waals surface area contributed by atoms with Crippen molar-refractivity contribution >= 4 is 85.0 Å². The van der Waals surface area contributed by atoms with Crippen LogP contribution in [0.4, 0.5) is 8.78 Å². The number of hydrogen-bond donors (Lipinski definition) is 0. The minimum Gasteiger partial charge on any atom is -0.554 e. The minimum absolute atomic E-state index is 0. The van der Waals surface area contributed by atoms with E-state index in [9.17, 15) is 29.1 Å². The molecule has 0 aromatic heterocycles. The summed E-state index contributed by atoms with van der Waals surface area (Å²) < 4.78 is 30.4. The van der Waals surface area contributed by atoms with Crippen LogP contribution in [-0.2, 0) is 28.8 Å². The Labute approximate surface area is 385 Å². The minimum atomic E-state index is -2.20. The Morgan fingerprint density at radius 1 is 0.655 bits per heavy atom. The molecule has 0 aliphatic carbocycles. The molecule has 2 fully saturated rings. The van der Waals surface area contributed by atoms with Gasteiger partial charge in [-0.25, -0.2) is 8.78 Å². The molecule has 4 amide bonds. The first kappa shape index (κ1) is 57.4. The molecule has 0 aromatic rings. The van der Waals surface area contributed by atoms with Gasteiger partial charge in [-0.05, 0) is 86.5 Å². The van der Waals surface area contributed by atoms with Crippen LogP contribution < -0.4 is 10.2 Å². The van der Waals surface area contributed by atoms with Gasteiger partial charge in [0.25, 0.3) is 23.6 Å². The number of rotatable bonds is 9. The van der Waals surface area contributed by atoms with E-state index in [0.29, 0.717) is 0 Å². The van der Waals surface area contributed by atoms with Crippen molar-refractivity contribution in [3.63, 3.8) is 0 Å². The number of likely N-dealkylation sites (N-methyl/N-ethyl adjacent to an activating group) is 1. The predicted molar refractivity (Wildman–Crippen MR) is 216 cm³/mol. The second kappa shape index (κ2) is 24.5. The Bertz CT molecular complexity index is 1530. The molecule has 2 heterocycles. The molecule has 2 unspecified atom stereocenters. The number of piperidine rings is 2. The average Bonchev–Trinajstić information content (AvgIpc) is 3.12. The maximum atomic E-state index is 15.2. The van der Waals surface area contributed by atoms with Gasteiger partial charge in [-0.15, -0.1) is 0 Å². The van der Waals surface area contributed by atoms with E-state index in [2.05, 4.69) is 23.7 Å². The van der Waals surface area contributed by atoms with Crippen molar-refractivity contribution in [3.05, 3.63) is 0 Å². The number of alkyl halides is 2. The molecule has 0 aromatic carbocycles. The summed E-state index contributed by atoms with van der Waals surface area (Å²) in [6.45, 7) is 16.8. The van der Waals surface area contributed by atoms with Crippen molar-refractivity contribution in [3.8, 4) is 23.7 Å². The van der Waals surface area contributed by atoms with Crippen molar-refractivity contribution in [1.29, 1.82) is 0 Å². The van der Waals surface area contributed by atoms with Crippen molar-refractivity contribution in [2.75, 3.05) is 68.5 Å². The molecule has 14 nitrogen and oxygen atoms in total. The number of carbonyl (C=O) groups is 6. The van der Waals surface area contributed by atoms with E-state index in [1.807, 2.05) is 86.5 Å². The predicted octanol–water partition coefficient (Wildman–Crippen LogP) is 0.0425. The third kappa shape index (κ3) is 16.7. The van der Waals surface area contributed by atoms with Gasteiger partial charge >= 0.3 is 48.9 Å². The quantitative estimate of drug-likeness (QED) is 0.175. The molecule has 0 radical (unpaired) electrons. The van der Waals surface area contributed by atoms with E-state index >= 15 is 8.78 Å². The van der Waals surface area contributed by atoms with Crippen molar-refractivity contribution in [1.82, 2.24) is 29.4 Å². The fourth-order valence-electron chi connectivity index (χ4n) is 5.62. The van der Waals surface area contributed by atoms with Gasteiger partial charge in [0.15, 0.2) is 11.3 Å². The van der Waals surface area contributed by atoms with Crippen LogP contribution in [0.2, 0.25) is 0 Å². The number of carboxylic acid groups (broad SMARTS) is 2. The molecule has 0 saturated carbocycles. The second-order valence-electron chi connectivity index (χ2n) is 16.8. The summed E-state index contributed by atoms with van der Waals surface area (Å²) >= 11 is 0. The number of amides is 4. The van der Waals surface area contributed by atoms with Crippen LogP contribution in [0.3, 0.4) is 0 Å². The van der Waals surface area contributed by atoms with Crippen LogP contribution in [0.25, 0.3) is 0 Å². The average molecular weight is 946 g/mol. The van der Waals surface area contributed by atoms with Crippen LogP contribution in [0, 0.1) is 35.5 Å². The SMILES string of the molecule is CC(C)C(C(=O)[O-])N(C)C(=O)C1(F)CCN(C(=O)C#CC(C)(C)N(C)C)CC1.CC(C)C(C)N(C)C(=O)C1(F)CCN(C(=O)C#CC(C)(C)N(C)C)CC1.O=C[O-].[Ba+2]. The Kier molecular flexibility index (Phi) is 24.3. The largest absolute Gasteiger partial charge is 2.00 e. The third-order valence-electron chi connectivity index (χ3n) is 11.1. The standard InChI is InChI=1S/C20H32FN3O4.C20H34FN3O2.CH2O2.Ba/c1-14(2)16(17(26)27)23(7)18(28)20(21)10-12-24(13-11-20)15(25)8-9-19(3,4)22(5)6;1-15(2)16(3)23(8)18(26)20(21)11-13-24(14-12-20)17(25)9-10-19(4,5)22(6)7;2-1-3;/h14,16H,10-13H2,1-7H3,(H,26,27);15-16H,11-14H2,1-8H3;1H,(H,2,3);/q;;;+2/p-2. The number of carboxylic acids is 1. The fourth-order valence-corrected chi connectivity index (χ4v) is 5.62. The van der Waals surface area contributed by atoms with Crippen LogP contribution in [0.5, 0.6) is 0 Å². The third-order valence-corrected chi connectivity index (χ3v) is 11.1. The maximum Gasteiger partial charge on any atom is 2.00 e. The molecule has 2 rings (SSSR count). The first-order chi connectivity index (χ1) is 26.0. The maximum absolute atomic E-state index is 15.2. The van der Waals surface area contributed by atoms with Crippen molar-refractivity contribution < 1.29 is 47.8 Å². The smallest absolute Gasteiger partial charge is 0.554 e. The monoisotopic (exact) mass is 946 g/mol. The number of aliphatic carboxylic acids is 1. The molecular formula is C41H66BaF2N6O8. The molecule has 2 aliphatic rings. The van der Waals surface area contributed by atoms with E-state index in [1.165, 1.54) is 21.7 Å². The summed E-state index contributed by atoms with van der Waals surface area (Å²) in [6.07, 6.45) is -0.353. The fraction of sp³-hybridized carbons (Fsp3) is 0.756. The molecular weight excluding hydrogens is 880 g/mol. The zero-order valence-corrected chi connectivity index (χ0v) is 41.9. The summed E-state index contributed by atoms with van der Waals surface area (Å²) in [5.41, 5.74) is -5.00. The number of halogens is 2.